The minimum Gasteiger partial charge on any atom is -0.375 e. The van der Waals surface area contributed by atoms with Crippen molar-refractivity contribution in [1.29, 1.82) is 0 Å². The Labute approximate surface area is 129 Å². The van der Waals surface area contributed by atoms with Crippen molar-refractivity contribution >= 4 is 11.6 Å². The number of amides is 1. The van der Waals surface area contributed by atoms with Crippen molar-refractivity contribution in [3.05, 3.63) is 35.4 Å². The number of halogens is 3. The van der Waals surface area contributed by atoms with E-state index in [2.05, 4.69) is 20.0 Å². The van der Waals surface area contributed by atoms with Gasteiger partial charge in [-0.15, -0.1) is 0 Å². The molecule has 0 bridgehead atoms. The van der Waals surface area contributed by atoms with E-state index in [-0.39, 0.29) is 24.8 Å². The highest BCUT2D eigenvalue weighted by atomic mass is 19.4. The van der Waals surface area contributed by atoms with Crippen LogP contribution in [0.2, 0.25) is 0 Å². The topological polar surface area (TPSA) is 80.2 Å². The molecule has 1 aromatic carbocycles. The van der Waals surface area contributed by atoms with E-state index in [1.54, 1.807) is 24.3 Å². The minimum absolute atomic E-state index is 0.000191. The molecule has 0 fully saturated rings. The number of nitrogens with one attached hydrogen (secondary N) is 1. The van der Waals surface area contributed by atoms with Crippen molar-refractivity contribution in [3.8, 4) is 0 Å². The van der Waals surface area contributed by atoms with E-state index >= 15 is 0 Å². The lowest BCUT2D eigenvalue weighted by Gasteiger charge is -2.22. The fraction of sp³-hybridized carbons (Fsp3) is 0.429. The predicted octanol–water partition coefficient (Wildman–Crippen LogP) is 1.32. The largest absolute Gasteiger partial charge is 0.458 e. The summed E-state index contributed by atoms with van der Waals surface area (Å²) >= 11 is 0. The number of ether oxygens (including phenoxy) is 1. The molecule has 1 amide bonds. The summed E-state index contributed by atoms with van der Waals surface area (Å²) in [7, 11) is 1.40. The van der Waals surface area contributed by atoms with Crippen molar-refractivity contribution in [1.82, 2.24) is 5.32 Å². The third-order valence-electron chi connectivity index (χ3n) is 3.21. The van der Waals surface area contributed by atoms with Crippen molar-refractivity contribution in [2.45, 2.75) is 24.9 Å². The quantitative estimate of drug-likeness (QED) is 0.852. The molecule has 0 saturated carbocycles. The summed E-state index contributed by atoms with van der Waals surface area (Å²) in [5.74, 6) is -3.56. The molecule has 126 valence electrons. The van der Waals surface area contributed by atoms with E-state index < -0.39 is 18.4 Å². The molecular formula is C14H15F3N2O4. The van der Waals surface area contributed by atoms with Crippen molar-refractivity contribution in [2.75, 3.05) is 13.7 Å². The van der Waals surface area contributed by atoms with Crippen LogP contribution in [-0.4, -0.2) is 42.4 Å². The predicted molar refractivity (Wildman–Crippen MR) is 73.4 cm³/mol. The molecule has 1 atom stereocenters. The first kappa shape index (κ1) is 17.2. The maximum atomic E-state index is 12.6. The van der Waals surface area contributed by atoms with Crippen molar-refractivity contribution in [2.24, 2.45) is 5.16 Å². The van der Waals surface area contributed by atoms with Crippen molar-refractivity contribution < 1.29 is 32.6 Å². The highest BCUT2D eigenvalue weighted by molar-refractivity contribution is 6.01. The normalized spacial score (nSPS) is 20.8. The number of nitrogens with zero attached hydrogens (tertiary/aromatic N) is 1. The fourth-order valence-electron chi connectivity index (χ4n) is 1.93. The molecule has 0 saturated heterocycles. The van der Waals surface area contributed by atoms with Crippen LogP contribution in [0.15, 0.2) is 29.4 Å². The third-order valence-corrected chi connectivity index (χ3v) is 3.21. The van der Waals surface area contributed by atoms with Crippen LogP contribution >= 0.6 is 0 Å². The summed E-state index contributed by atoms with van der Waals surface area (Å²) in [6, 6.07) is 6.36. The van der Waals surface area contributed by atoms with Crippen LogP contribution < -0.4 is 5.32 Å². The molecule has 2 N–H and O–H groups in total. The first-order valence-corrected chi connectivity index (χ1v) is 6.64. The van der Waals surface area contributed by atoms with Crippen LogP contribution in [0.4, 0.5) is 13.2 Å². The monoisotopic (exact) mass is 332 g/mol. The molecule has 0 aliphatic carbocycles. The summed E-state index contributed by atoms with van der Waals surface area (Å²) < 4.78 is 42.6. The Morgan fingerprint density at radius 3 is 2.61 bits per heavy atom. The van der Waals surface area contributed by atoms with Gasteiger partial charge in [0.25, 0.3) is 0 Å². The molecule has 0 radical (unpaired) electrons. The molecule has 0 spiro atoms. The van der Waals surface area contributed by atoms with Gasteiger partial charge in [0.1, 0.15) is 6.61 Å². The van der Waals surface area contributed by atoms with Gasteiger partial charge in [-0.1, -0.05) is 29.4 Å². The average Bonchev–Trinajstić information content (AvgIpc) is 2.90. The average molecular weight is 332 g/mol. The molecule has 1 aliphatic heterocycles. The van der Waals surface area contributed by atoms with E-state index in [9.17, 15) is 23.1 Å². The van der Waals surface area contributed by atoms with Gasteiger partial charge in [-0.3, -0.25) is 4.79 Å². The van der Waals surface area contributed by atoms with E-state index in [0.717, 1.165) is 5.56 Å². The molecule has 6 nitrogen and oxygen atoms in total. The van der Waals surface area contributed by atoms with Crippen molar-refractivity contribution in [3.63, 3.8) is 0 Å². The summed E-state index contributed by atoms with van der Waals surface area (Å²) in [6.07, 6.45) is -5.70. The lowest BCUT2D eigenvalue weighted by Crippen LogP contribution is -2.45. The molecule has 0 aromatic heterocycles. The molecular weight excluding hydrogens is 317 g/mol. The van der Waals surface area contributed by atoms with Gasteiger partial charge in [0.05, 0.1) is 12.1 Å². The van der Waals surface area contributed by atoms with E-state index in [1.807, 2.05) is 0 Å². The van der Waals surface area contributed by atoms with Crippen LogP contribution in [0.3, 0.4) is 0 Å². The Morgan fingerprint density at radius 1 is 1.43 bits per heavy atom. The Bertz CT molecular complexity index is 601. The zero-order valence-corrected chi connectivity index (χ0v) is 12.2. The van der Waals surface area contributed by atoms with Crippen LogP contribution in [0, 0.1) is 0 Å². The Balaban J connectivity index is 1.97. The Hall–Kier alpha value is -2.13. The minimum atomic E-state index is -4.93. The zero-order valence-electron chi connectivity index (χ0n) is 12.2. The highest BCUT2D eigenvalue weighted by Crippen LogP contribution is 2.38. The third kappa shape index (κ3) is 3.99. The molecule has 23 heavy (non-hydrogen) atoms. The number of rotatable bonds is 5. The number of hydrogen-bond donors (Lipinski definition) is 2. The summed E-state index contributed by atoms with van der Waals surface area (Å²) in [4.78, 5) is 15.4. The molecule has 1 aliphatic rings. The first-order valence-electron chi connectivity index (χ1n) is 6.64. The maximum Gasteiger partial charge on any atom is 0.458 e. The first-order chi connectivity index (χ1) is 10.7. The number of oxime groups is 1. The number of hydrogen-bond acceptors (Lipinski definition) is 5. The van der Waals surface area contributed by atoms with Gasteiger partial charge in [0.2, 0.25) is 5.91 Å². The molecule has 1 aromatic rings. The Morgan fingerprint density at radius 2 is 2.09 bits per heavy atom. The number of alkyl halides is 3. The van der Waals surface area contributed by atoms with Gasteiger partial charge in [-0.05, 0) is 11.1 Å². The van der Waals surface area contributed by atoms with Gasteiger partial charge >= 0.3 is 12.0 Å². The van der Waals surface area contributed by atoms with Crippen LogP contribution in [-0.2, 0) is 20.9 Å². The van der Waals surface area contributed by atoms with Gasteiger partial charge in [-0.2, -0.15) is 13.2 Å². The number of methoxy groups -OCH3 is 1. The fourth-order valence-corrected chi connectivity index (χ4v) is 1.93. The number of aliphatic hydroxyl groups is 1. The lowest BCUT2D eigenvalue weighted by molar-refractivity contribution is -0.355. The number of carbonyl (C=O) groups is 1. The molecule has 1 unspecified atom stereocenters. The van der Waals surface area contributed by atoms with Crippen LogP contribution in [0.1, 0.15) is 17.5 Å². The zero-order chi connectivity index (χ0) is 17.1. The maximum absolute atomic E-state index is 12.6. The second kappa shape index (κ2) is 6.55. The van der Waals surface area contributed by atoms with E-state index in [1.165, 1.54) is 7.11 Å². The van der Waals surface area contributed by atoms with Gasteiger partial charge < -0.3 is 20.0 Å². The number of benzene rings is 1. The van der Waals surface area contributed by atoms with E-state index in [4.69, 9.17) is 0 Å². The molecule has 1 heterocycles. The van der Waals surface area contributed by atoms with Gasteiger partial charge in [-0.25, -0.2) is 0 Å². The second-order valence-corrected chi connectivity index (χ2v) is 4.99. The van der Waals surface area contributed by atoms with Gasteiger partial charge in [0, 0.05) is 13.7 Å². The SMILES string of the molecule is COCC(=O)NCc1ccc(C2=NOC(O)(C(F)(F)F)C2)cc1. The standard InChI is InChI=1S/C14H15F3N2O4/c1-22-8-12(20)18-7-9-2-4-10(5-3-9)11-6-13(21,23-19-11)14(15,16)17/h2-5,21H,6-8H2,1H3,(H,18,20). The van der Waals surface area contributed by atoms with Crippen LogP contribution in [0.25, 0.3) is 0 Å². The highest BCUT2D eigenvalue weighted by Gasteiger charge is 2.60. The summed E-state index contributed by atoms with van der Waals surface area (Å²) in [6.45, 7) is 0.209. The molecule has 9 heteroatoms. The summed E-state index contributed by atoms with van der Waals surface area (Å²) in [5.41, 5.74) is 1.15. The lowest BCUT2D eigenvalue weighted by atomic mass is 10.0. The van der Waals surface area contributed by atoms with E-state index in [0.29, 0.717) is 5.56 Å². The van der Waals surface area contributed by atoms with Crippen LogP contribution in [0.5, 0.6) is 0 Å². The summed E-state index contributed by atoms with van der Waals surface area (Å²) in [5, 5.41) is 15.3. The number of carbonyl (C=O) groups excluding carboxylic acids is 1. The second-order valence-electron chi connectivity index (χ2n) is 4.99. The molecule has 2 rings (SSSR count). The van der Waals surface area contributed by atoms with Gasteiger partial charge in [0.15, 0.2) is 0 Å². The smallest absolute Gasteiger partial charge is 0.375 e. The Kier molecular flexibility index (Phi) is 4.90.